The Morgan fingerprint density at radius 1 is 1.14 bits per heavy atom. The molecule has 2 aliphatic rings. The Labute approximate surface area is 173 Å². The van der Waals surface area contributed by atoms with Crippen LogP contribution >= 0.6 is 11.8 Å². The molecule has 7 heteroatoms. The van der Waals surface area contributed by atoms with Gasteiger partial charge in [-0.25, -0.2) is 4.79 Å². The summed E-state index contributed by atoms with van der Waals surface area (Å²) in [6, 6.07) is 14.7. The summed E-state index contributed by atoms with van der Waals surface area (Å²) in [5.74, 6) is -1.72. The minimum absolute atomic E-state index is 0.180. The van der Waals surface area contributed by atoms with Crippen molar-refractivity contribution in [2.24, 2.45) is 0 Å². The van der Waals surface area contributed by atoms with E-state index in [0.717, 1.165) is 11.1 Å². The van der Waals surface area contributed by atoms with Crippen molar-refractivity contribution >= 4 is 29.5 Å². The van der Waals surface area contributed by atoms with Crippen LogP contribution in [0.1, 0.15) is 40.7 Å². The van der Waals surface area contributed by atoms with Gasteiger partial charge >= 0.3 is 5.97 Å². The summed E-state index contributed by atoms with van der Waals surface area (Å²) in [6.07, 6.45) is 0.180. The van der Waals surface area contributed by atoms with E-state index in [9.17, 15) is 19.5 Å². The number of amides is 2. The van der Waals surface area contributed by atoms with Gasteiger partial charge in [-0.2, -0.15) is 0 Å². The lowest BCUT2D eigenvalue weighted by atomic mass is 9.99. The smallest absolute Gasteiger partial charge is 0.326 e. The predicted molar refractivity (Wildman–Crippen MR) is 111 cm³/mol. The van der Waals surface area contributed by atoms with Gasteiger partial charge in [0, 0.05) is 16.7 Å². The van der Waals surface area contributed by atoms with E-state index >= 15 is 0 Å². The fourth-order valence-corrected chi connectivity index (χ4v) is 5.69. The molecule has 2 heterocycles. The Balaban J connectivity index is 1.59. The van der Waals surface area contributed by atoms with Gasteiger partial charge in [-0.05, 0) is 31.0 Å². The van der Waals surface area contributed by atoms with E-state index in [1.54, 1.807) is 22.7 Å². The Hall–Kier alpha value is -2.80. The number of fused-ring (bicyclic) bond motifs is 3. The van der Waals surface area contributed by atoms with Crippen LogP contribution in [-0.4, -0.2) is 44.6 Å². The average molecular weight is 410 g/mol. The van der Waals surface area contributed by atoms with Gasteiger partial charge in [0.05, 0.1) is 0 Å². The standard InChI is InChI=1S/C22H22N2O4S/c1-22(2)17(24-19(26)14-10-6-7-11-15(14)20(24)29-22)18(25)23-16(21(27)28)12-13-8-4-3-5-9-13/h3-11,16-17,20H,12H2,1-2H3,(H,23,25)(H,27,28)/t16-,17+,20?/m0/s1. The second kappa shape index (κ2) is 7.22. The predicted octanol–water partition coefficient (Wildman–Crippen LogP) is 2.85. The fourth-order valence-electron chi connectivity index (χ4n) is 4.11. The first-order chi connectivity index (χ1) is 13.8. The van der Waals surface area contributed by atoms with Gasteiger partial charge in [0.1, 0.15) is 17.5 Å². The van der Waals surface area contributed by atoms with Crippen LogP contribution in [0.15, 0.2) is 54.6 Å². The molecule has 29 heavy (non-hydrogen) atoms. The Morgan fingerprint density at radius 2 is 1.79 bits per heavy atom. The van der Waals surface area contributed by atoms with E-state index < -0.39 is 28.7 Å². The minimum atomic E-state index is -1.10. The molecule has 2 aromatic carbocycles. The third kappa shape index (κ3) is 3.40. The first-order valence-electron chi connectivity index (χ1n) is 9.46. The number of carbonyl (C=O) groups excluding carboxylic acids is 2. The maximum atomic E-state index is 13.2. The number of hydrogen-bond donors (Lipinski definition) is 2. The lowest BCUT2D eigenvalue weighted by Gasteiger charge is -2.30. The van der Waals surface area contributed by atoms with Crippen molar-refractivity contribution in [3.05, 3.63) is 71.3 Å². The zero-order valence-corrected chi connectivity index (χ0v) is 17.0. The minimum Gasteiger partial charge on any atom is -0.480 e. The largest absolute Gasteiger partial charge is 0.480 e. The van der Waals surface area contributed by atoms with Gasteiger partial charge in [0.25, 0.3) is 5.91 Å². The van der Waals surface area contributed by atoms with Gasteiger partial charge in [0.2, 0.25) is 5.91 Å². The van der Waals surface area contributed by atoms with Crippen LogP contribution in [0.3, 0.4) is 0 Å². The third-order valence-electron chi connectivity index (χ3n) is 5.44. The van der Waals surface area contributed by atoms with Gasteiger partial charge in [0.15, 0.2) is 0 Å². The maximum absolute atomic E-state index is 13.2. The number of benzene rings is 2. The van der Waals surface area contributed by atoms with Gasteiger partial charge < -0.3 is 15.3 Å². The van der Waals surface area contributed by atoms with Crippen molar-refractivity contribution in [2.45, 2.75) is 42.5 Å². The van der Waals surface area contributed by atoms with Crippen molar-refractivity contribution in [3.8, 4) is 0 Å². The van der Waals surface area contributed by atoms with Gasteiger partial charge in [-0.15, -0.1) is 11.8 Å². The first-order valence-corrected chi connectivity index (χ1v) is 10.3. The molecule has 6 nitrogen and oxygen atoms in total. The van der Waals surface area contributed by atoms with E-state index in [2.05, 4.69) is 5.32 Å². The summed E-state index contributed by atoms with van der Waals surface area (Å²) in [7, 11) is 0. The van der Waals surface area contributed by atoms with E-state index in [4.69, 9.17) is 0 Å². The molecule has 150 valence electrons. The van der Waals surface area contributed by atoms with Crippen molar-refractivity contribution in [1.29, 1.82) is 0 Å². The molecule has 1 unspecified atom stereocenters. The average Bonchev–Trinajstić information content (AvgIpc) is 3.12. The zero-order chi connectivity index (χ0) is 20.8. The molecule has 0 aliphatic carbocycles. The van der Waals surface area contributed by atoms with Crippen LogP contribution in [0.5, 0.6) is 0 Å². The number of aliphatic carboxylic acids is 1. The summed E-state index contributed by atoms with van der Waals surface area (Å²) in [4.78, 5) is 39.6. The molecular formula is C22H22N2O4S. The monoisotopic (exact) mass is 410 g/mol. The zero-order valence-electron chi connectivity index (χ0n) is 16.2. The molecule has 4 rings (SSSR count). The molecule has 0 radical (unpaired) electrons. The van der Waals surface area contributed by atoms with E-state index in [-0.39, 0.29) is 17.7 Å². The lowest BCUT2D eigenvalue weighted by Crippen LogP contribution is -2.56. The number of nitrogens with one attached hydrogen (secondary N) is 1. The fraction of sp³-hybridized carbons (Fsp3) is 0.318. The van der Waals surface area contributed by atoms with Crippen molar-refractivity contribution in [1.82, 2.24) is 10.2 Å². The molecule has 3 atom stereocenters. The number of carboxylic acid groups (broad SMARTS) is 1. The van der Waals surface area contributed by atoms with Crippen LogP contribution < -0.4 is 5.32 Å². The molecule has 0 saturated carbocycles. The first kappa shape index (κ1) is 19.5. The third-order valence-corrected chi connectivity index (χ3v) is 6.98. The van der Waals surface area contributed by atoms with Crippen LogP contribution in [0, 0.1) is 0 Å². The molecule has 2 N–H and O–H groups in total. The summed E-state index contributed by atoms with van der Waals surface area (Å²) >= 11 is 1.56. The highest BCUT2D eigenvalue weighted by Gasteiger charge is 2.57. The molecule has 2 aliphatic heterocycles. The topological polar surface area (TPSA) is 86.7 Å². The molecule has 1 fully saturated rings. The van der Waals surface area contributed by atoms with E-state index in [1.165, 1.54) is 0 Å². The summed E-state index contributed by atoms with van der Waals surface area (Å²) in [6.45, 7) is 3.84. The Kier molecular flexibility index (Phi) is 4.86. The molecule has 0 aromatic heterocycles. The summed E-state index contributed by atoms with van der Waals surface area (Å²) in [5.41, 5.74) is 2.34. The second-order valence-corrected chi connectivity index (χ2v) is 9.60. The van der Waals surface area contributed by atoms with Gasteiger partial charge in [-0.3, -0.25) is 9.59 Å². The number of nitrogens with zero attached hydrogens (tertiary/aromatic N) is 1. The normalized spacial score (nSPS) is 22.7. The molecule has 0 bridgehead atoms. The molecular weight excluding hydrogens is 388 g/mol. The van der Waals surface area contributed by atoms with Crippen LogP contribution in [-0.2, 0) is 16.0 Å². The molecule has 2 amide bonds. The Bertz CT molecular complexity index is 976. The van der Waals surface area contributed by atoms with Crippen molar-refractivity contribution in [3.63, 3.8) is 0 Å². The quantitative estimate of drug-likeness (QED) is 0.792. The van der Waals surface area contributed by atoms with E-state index in [1.807, 2.05) is 62.4 Å². The maximum Gasteiger partial charge on any atom is 0.326 e. The van der Waals surface area contributed by atoms with Crippen LogP contribution in [0.4, 0.5) is 0 Å². The van der Waals surface area contributed by atoms with Crippen LogP contribution in [0.2, 0.25) is 0 Å². The van der Waals surface area contributed by atoms with Crippen LogP contribution in [0.25, 0.3) is 0 Å². The van der Waals surface area contributed by atoms with Crippen molar-refractivity contribution in [2.75, 3.05) is 0 Å². The molecule has 1 saturated heterocycles. The van der Waals surface area contributed by atoms with Crippen molar-refractivity contribution < 1.29 is 19.5 Å². The SMILES string of the molecule is CC1(C)SC2c3ccccc3C(=O)N2[C@@H]1C(=O)N[C@@H](Cc1ccccc1)C(=O)O. The highest BCUT2D eigenvalue weighted by Crippen LogP contribution is 2.56. The summed E-state index contributed by atoms with van der Waals surface area (Å²) in [5, 5.41) is 12.1. The number of thioether (sulfide) groups is 1. The Morgan fingerprint density at radius 3 is 2.48 bits per heavy atom. The number of carbonyl (C=O) groups is 3. The number of rotatable bonds is 5. The second-order valence-electron chi connectivity index (χ2n) is 7.87. The highest BCUT2D eigenvalue weighted by molar-refractivity contribution is 8.01. The summed E-state index contributed by atoms with van der Waals surface area (Å²) < 4.78 is -0.548. The van der Waals surface area contributed by atoms with E-state index in [0.29, 0.717) is 5.56 Å². The number of carboxylic acids is 1. The highest BCUT2D eigenvalue weighted by atomic mass is 32.2. The lowest BCUT2D eigenvalue weighted by molar-refractivity contribution is -0.142. The molecule has 0 spiro atoms. The molecule has 2 aromatic rings. The van der Waals surface area contributed by atoms with Gasteiger partial charge in [-0.1, -0.05) is 48.5 Å². The number of hydrogen-bond acceptors (Lipinski definition) is 4.